The second-order valence-corrected chi connectivity index (χ2v) is 6.04. The Morgan fingerprint density at radius 1 is 1.30 bits per heavy atom. The van der Waals surface area contributed by atoms with Gasteiger partial charge in [-0.2, -0.15) is 0 Å². The molecule has 0 radical (unpaired) electrons. The van der Waals surface area contributed by atoms with Crippen molar-refractivity contribution in [2.75, 3.05) is 13.1 Å². The van der Waals surface area contributed by atoms with Crippen LogP contribution in [0.1, 0.15) is 55.8 Å². The van der Waals surface area contributed by atoms with Crippen molar-refractivity contribution in [1.82, 2.24) is 4.90 Å². The molecule has 1 saturated carbocycles. The highest BCUT2D eigenvalue weighted by molar-refractivity contribution is 6.31. The zero-order valence-corrected chi connectivity index (χ0v) is 13.0. The number of hydrogen-bond acceptors (Lipinski definition) is 2. The lowest BCUT2D eigenvalue weighted by Gasteiger charge is -2.33. The summed E-state index contributed by atoms with van der Waals surface area (Å²) in [5.74, 6) is 0.196. The fourth-order valence-electron chi connectivity index (χ4n) is 3.10. The van der Waals surface area contributed by atoms with Crippen molar-refractivity contribution in [2.45, 2.75) is 51.5 Å². The van der Waals surface area contributed by atoms with Crippen molar-refractivity contribution >= 4 is 17.4 Å². The number of benzene rings is 1. The molecule has 1 aromatic rings. The summed E-state index contributed by atoms with van der Waals surface area (Å²) in [6.07, 6.45) is 7.21. The van der Waals surface area contributed by atoms with E-state index in [1.165, 1.54) is 32.1 Å². The van der Waals surface area contributed by atoms with Gasteiger partial charge in [0.15, 0.2) is 5.78 Å². The van der Waals surface area contributed by atoms with E-state index in [0.29, 0.717) is 17.5 Å². The van der Waals surface area contributed by atoms with Gasteiger partial charge >= 0.3 is 0 Å². The monoisotopic (exact) mass is 293 g/mol. The van der Waals surface area contributed by atoms with Gasteiger partial charge in [-0.3, -0.25) is 4.79 Å². The normalized spacial score (nSPS) is 16.6. The van der Waals surface area contributed by atoms with Gasteiger partial charge in [0.05, 0.1) is 0 Å². The molecule has 0 N–H and O–H groups in total. The minimum absolute atomic E-state index is 0.196. The van der Waals surface area contributed by atoms with Crippen molar-refractivity contribution in [3.8, 4) is 0 Å². The van der Waals surface area contributed by atoms with Gasteiger partial charge < -0.3 is 4.90 Å². The fraction of sp³-hybridized carbons (Fsp3) is 0.588. The van der Waals surface area contributed by atoms with Gasteiger partial charge in [0.25, 0.3) is 0 Å². The summed E-state index contributed by atoms with van der Waals surface area (Å²) in [4.78, 5) is 14.7. The van der Waals surface area contributed by atoms with Gasteiger partial charge in [-0.25, -0.2) is 0 Å². The van der Waals surface area contributed by atoms with Gasteiger partial charge in [-0.1, -0.05) is 49.9 Å². The largest absolute Gasteiger partial charge is 0.300 e. The van der Waals surface area contributed by atoms with E-state index >= 15 is 0 Å². The summed E-state index contributed by atoms with van der Waals surface area (Å²) in [5, 5.41) is 0.635. The zero-order valence-electron chi connectivity index (χ0n) is 12.3. The van der Waals surface area contributed by atoms with E-state index in [4.69, 9.17) is 11.6 Å². The standard InChI is InChI=1S/C17H24ClNO/c1-2-19(16-9-4-3-5-10-16)12-11-17(20)14-7-6-8-15(18)13-14/h6-8,13,16H,2-5,9-12H2,1H3. The molecule has 0 unspecified atom stereocenters. The highest BCUT2D eigenvalue weighted by Crippen LogP contribution is 2.23. The molecule has 0 heterocycles. The topological polar surface area (TPSA) is 20.3 Å². The molecule has 0 bridgehead atoms. The van der Waals surface area contributed by atoms with Gasteiger partial charge in [0, 0.05) is 29.6 Å². The number of hydrogen-bond donors (Lipinski definition) is 0. The second-order valence-electron chi connectivity index (χ2n) is 5.60. The third-order valence-electron chi connectivity index (χ3n) is 4.27. The molecule has 0 spiro atoms. The highest BCUT2D eigenvalue weighted by Gasteiger charge is 2.20. The van der Waals surface area contributed by atoms with Crippen molar-refractivity contribution in [2.24, 2.45) is 0 Å². The average molecular weight is 294 g/mol. The Bertz CT molecular complexity index is 440. The number of ketones is 1. The molecule has 1 aromatic carbocycles. The second kappa shape index (κ2) is 7.80. The first-order valence-corrected chi connectivity index (χ1v) is 8.11. The Morgan fingerprint density at radius 2 is 2.05 bits per heavy atom. The number of Topliss-reactive ketones (excluding diaryl/α,β-unsaturated/α-hetero) is 1. The number of rotatable bonds is 6. The fourth-order valence-corrected chi connectivity index (χ4v) is 3.29. The molecular weight excluding hydrogens is 270 g/mol. The Hall–Kier alpha value is -0.860. The molecule has 1 aliphatic rings. The van der Waals surface area contributed by atoms with Crippen LogP contribution >= 0.6 is 11.6 Å². The van der Waals surface area contributed by atoms with Crippen LogP contribution in [0.5, 0.6) is 0 Å². The third kappa shape index (κ3) is 4.32. The van der Waals surface area contributed by atoms with E-state index in [9.17, 15) is 4.79 Å². The van der Waals surface area contributed by atoms with Crippen molar-refractivity contribution < 1.29 is 4.79 Å². The number of carbonyl (C=O) groups is 1. The maximum absolute atomic E-state index is 12.2. The van der Waals surface area contributed by atoms with Crippen molar-refractivity contribution in [3.05, 3.63) is 34.9 Å². The maximum atomic E-state index is 12.2. The summed E-state index contributed by atoms with van der Waals surface area (Å²) in [6.45, 7) is 4.10. The van der Waals surface area contributed by atoms with E-state index in [0.717, 1.165) is 18.7 Å². The summed E-state index contributed by atoms with van der Waals surface area (Å²) in [5.41, 5.74) is 0.734. The average Bonchev–Trinajstić information content (AvgIpc) is 2.49. The molecule has 0 aliphatic heterocycles. The Labute approximate surface area is 127 Å². The molecule has 20 heavy (non-hydrogen) atoms. The van der Waals surface area contributed by atoms with E-state index in [1.54, 1.807) is 12.1 Å². The molecule has 0 aromatic heterocycles. The summed E-state index contributed by atoms with van der Waals surface area (Å²) >= 11 is 5.94. The SMILES string of the molecule is CCN(CCC(=O)c1cccc(Cl)c1)C1CCCCC1. The minimum atomic E-state index is 0.196. The number of nitrogens with zero attached hydrogens (tertiary/aromatic N) is 1. The Balaban J connectivity index is 1.87. The smallest absolute Gasteiger partial charge is 0.164 e. The molecule has 2 nitrogen and oxygen atoms in total. The molecule has 0 saturated heterocycles. The zero-order chi connectivity index (χ0) is 14.4. The predicted molar refractivity (Wildman–Crippen MR) is 84.5 cm³/mol. The first kappa shape index (κ1) is 15.5. The van der Waals surface area contributed by atoms with Crippen LogP contribution in [-0.2, 0) is 0 Å². The van der Waals surface area contributed by atoms with E-state index in [-0.39, 0.29) is 5.78 Å². The Morgan fingerprint density at radius 3 is 2.70 bits per heavy atom. The van der Waals surface area contributed by atoms with Gasteiger partial charge in [-0.05, 0) is 31.5 Å². The van der Waals surface area contributed by atoms with Gasteiger partial charge in [-0.15, -0.1) is 0 Å². The van der Waals surface area contributed by atoms with Crippen LogP contribution in [-0.4, -0.2) is 29.8 Å². The molecule has 0 atom stereocenters. The minimum Gasteiger partial charge on any atom is -0.300 e. The molecule has 110 valence electrons. The van der Waals surface area contributed by atoms with Crippen molar-refractivity contribution in [3.63, 3.8) is 0 Å². The summed E-state index contributed by atoms with van der Waals surface area (Å²) in [6, 6.07) is 7.94. The van der Waals surface area contributed by atoms with Gasteiger partial charge in [0.2, 0.25) is 0 Å². The summed E-state index contributed by atoms with van der Waals surface area (Å²) < 4.78 is 0. The molecule has 3 heteroatoms. The first-order chi connectivity index (χ1) is 9.70. The molecule has 1 aliphatic carbocycles. The van der Waals surface area contributed by atoms with Crippen LogP contribution in [0, 0.1) is 0 Å². The van der Waals surface area contributed by atoms with Crippen LogP contribution < -0.4 is 0 Å². The first-order valence-electron chi connectivity index (χ1n) is 7.73. The van der Waals surface area contributed by atoms with Crippen LogP contribution in [0.15, 0.2) is 24.3 Å². The van der Waals surface area contributed by atoms with Crippen molar-refractivity contribution in [1.29, 1.82) is 0 Å². The summed E-state index contributed by atoms with van der Waals surface area (Å²) in [7, 11) is 0. The molecule has 2 rings (SSSR count). The molecule has 1 fully saturated rings. The lowest BCUT2D eigenvalue weighted by Crippen LogP contribution is -2.38. The van der Waals surface area contributed by atoms with E-state index in [1.807, 2.05) is 12.1 Å². The lowest BCUT2D eigenvalue weighted by atomic mass is 9.94. The Kier molecular flexibility index (Phi) is 6.06. The van der Waals surface area contributed by atoms with Gasteiger partial charge in [0.1, 0.15) is 0 Å². The number of carbonyl (C=O) groups excluding carboxylic acids is 1. The van der Waals surface area contributed by atoms with Crippen LogP contribution in [0.2, 0.25) is 5.02 Å². The van der Waals surface area contributed by atoms with E-state index in [2.05, 4.69) is 11.8 Å². The van der Waals surface area contributed by atoms with Crippen LogP contribution in [0.25, 0.3) is 0 Å². The lowest BCUT2D eigenvalue weighted by molar-refractivity contribution is 0.0939. The number of halogens is 1. The van der Waals surface area contributed by atoms with Crippen LogP contribution in [0.4, 0.5) is 0 Å². The molecule has 0 amide bonds. The molecular formula is C17H24ClNO. The predicted octanol–water partition coefficient (Wildman–Crippen LogP) is 4.57. The van der Waals surface area contributed by atoms with Crippen LogP contribution in [0.3, 0.4) is 0 Å². The highest BCUT2D eigenvalue weighted by atomic mass is 35.5. The maximum Gasteiger partial charge on any atom is 0.164 e. The van der Waals surface area contributed by atoms with E-state index < -0.39 is 0 Å². The quantitative estimate of drug-likeness (QED) is 0.716. The third-order valence-corrected chi connectivity index (χ3v) is 4.51.